The number of ether oxygens (including phenoxy) is 2. The van der Waals surface area contributed by atoms with Crippen LogP contribution in [0.2, 0.25) is 0 Å². The maximum absolute atomic E-state index is 12.3. The summed E-state index contributed by atoms with van der Waals surface area (Å²) in [4.78, 5) is 15.8. The standard InChI is InChI=1S/C17H26N2O3S/c20-17(18-10-14-4-1-7-21-14)13-19(11-15-5-2-8-22-15)12-16-6-3-9-23-16/h3,6,9,14-15H,1-2,4-5,7-8,10-13H2,(H,18,20). The molecular weight excluding hydrogens is 312 g/mol. The van der Waals surface area contributed by atoms with Crippen LogP contribution in [0.3, 0.4) is 0 Å². The third-order valence-corrected chi connectivity index (χ3v) is 5.22. The SMILES string of the molecule is O=C(CN(Cc1cccs1)CC1CCCO1)NCC1CCCO1. The van der Waals surface area contributed by atoms with E-state index in [1.165, 1.54) is 4.88 Å². The Morgan fingerprint density at radius 2 is 2.04 bits per heavy atom. The van der Waals surface area contributed by atoms with Gasteiger partial charge in [-0.15, -0.1) is 11.3 Å². The van der Waals surface area contributed by atoms with Gasteiger partial charge in [0.25, 0.3) is 0 Å². The summed E-state index contributed by atoms with van der Waals surface area (Å²) in [6.07, 6.45) is 4.84. The molecule has 1 aromatic heterocycles. The lowest BCUT2D eigenvalue weighted by atomic mass is 10.2. The first-order chi connectivity index (χ1) is 11.3. The number of rotatable bonds is 8. The lowest BCUT2D eigenvalue weighted by Crippen LogP contribution is -2.42. The summed E-state index contributed by atoms with van der Waals surface area (Å²) in [6, 6.07) is 4.18. The Kier molecular flexibility index (Phi) is 6.45. The summed E-state index contributed by atoms with van der Waals surface area (Å²) >= 11 is 1.74. The van der Waals surface area contributed by atoms with Crippen molar-refractivity contribution in [2.45, 2.75) is 44.4 Å². The number of hydrogen-bond acceptors (Lipinski definition) is 5. The van der Waals surface area contributed by atoms with Crippen molar-refractivity contribution in [3.8, 4) is 0 Å². The number of hydrogen-bond donors (Lipinski definition) is 1. The van der Waals surface area contributed by atoms with Gasteiger partial charge in [0.05, 0.1) is 18.8 Å². The Bertz CT molecular complexity index is 468. The second kappa shape index (κ2) is 8.78. The Morgan fingerprint density at radius 3 is 2.70 bits per heavy atom. The fourth-order valence-electron chi connectivity index (χ4n) is 3.18. The lowest BCUT2D eigenvalue weighted by Gasteiger charge is -2.24. The fraction of sp³-hybridized carbons (Fsp3) is 0.706. The predicted octanol–water partition coefficient (Wildman–Crippen LogP) is 2.02. The number of nitrogens with zero attached hydrogens (tertiary/aromatic N) is 1. The molecule has 1 amide bonds. The van der Waals surface area contributed by atoms with Crippen molar-refractivity contribution in [1.29, 1.82) is 0 Å². The smallest absolute Gasteiger partial charge is 0.234 e. The van der Waals surface area contributed by atoms with Gasteiger partial charge in [-0.05, 0) is 37.1 Å². The van der Waals surface area contributed by atoms with Gasteiger partial charge in [-0.25, -0.2) is 0 Å². The first-order valence-electron chi connectivity index (χ1n) is 8.54. The third-order valence-electron chi connectivity index (χ3n) is 4.36. The van der Waals surface area contributed by atoms with Gasteiger partial charge >= 0.3 is 0 Å². The minimum absolute atomic E-state index is 0.0788. The molecule has 0 radical (unpaired) electrons. The van der Waals surface area contributed by atoms with Gasteiger partial charge in [0.1, 0.15) is 0 Å². The van der Waals surface area contributed by atoms with Crippen LogP contribution in [-0.4, -0.2) is 55.9 Å². The topological polar surface area (TPSA) is 50.8 Å². The molecule has 2 saturated heterocycles. The third kappa shape index (κ3) is 5.57. The second-order valence-corrected chi connectivity index (χ2v) is 7.36. The summed E-state index contributed by atoms with van der Waals surface area (Å²) in [5.41, 5.74) is 0. The average Bonchev–Trinajstić information content (AvgIpc) is 3.29. The highest BCUT2D eigenvalue weighted by molar-refractivity contribution is 7.09. The molecule has 6 heteroatoms. The number of thiophene rings is 1. The van der Waals surface area contributed by atoms with Crippen LogP contribution in [0.15, 0.2) is 17.5 Å². The molecule has 2 fully saturated rings. The predicted molar refractivity (Wildman–Crippen MR) is 90.6 cm³/mol. The molecule has 0 bridgehead atoms. The first-order valence-corrected chi connectivity index (χ1v) is 9.42. The van der Waals surface area contributed by atoms with Gasteiger partial charge in [0.2, 0.25) is 5.91 Å². The number of nitrogens with one attached hydrogen (secondary N) is 1. The van der Waals surface area contributed by atoms with E-state index < -0.39 is 0 Å². The van der Waals surface area contributed by atoms with Crippen molar-refractivity contribution < 1.29 is 14.3 Å². The second-order valence-electron chi connectivity index (χ2n) is 6.32. The van der Waals surface area contributed by atoms with Crippen molar-refractivity contribution >= 4 is 17.2 Å². The Morgan fingerprint density at radius 1 is 1.26 bits per heavy atom. The highest BCUT2D eigenvalue weighted by Gasteiger charge is 2.22. The molecule has 2 aliphatic rings. The number of carbonyl (C=O) groups excluding carboxylic acids is 1. The molecule has 5 nitrogen and oxygen atoms in total. The largest absolute Gasteiger partial charge is 0.377 e. The van der Waals surface area contributed by atoms with E-state index in [0.717, 1.165) is 52.0 Å². The highest BCUT2D eigenvalue weighted by atomic mass is 32.1. The van der Waals surface area contributed by atoms with Crippen molar-refractivity contribution in [1.82, 2.24) is 10.2 Å². The van der Waals surface area contributed by atoms with Crippen LogP contribution in [0.1, 0.15) is 30.6 Å². The molecular formula is C17H26N2O3S. The van der Waals surface area contributed by atoms with Crippen molar-refractivity contribution in [3.63, 3.8) is 0 Å². The molecule has 0 spiro atoms. The maximum atomic E-state index is 12.3. The summed E-state index contributed by atoms with van der Waals surface area (Å²) < 4.78 is 11.3. The molecule has 23 heavy (non-hydrogen) atoms. The number of carbonyl (C=O) groups is 1. The summed E-state index contributed by atoms with van der Waals surface area (Å²) in [7, 11) is 0. The minimum Gasteiger partial charge on any atom is -0.377 e. The monoisotopic (exact) mass is 338 g/mol. The molecule has 128 valence electrons. The van der Waals surface area contributed by atoms with Gasteiger partial charge in [0.15, 0.2) is 0 Å². The van der Waals surface area contributed by atoms with Gasteiger partial charge < -0.3 is 14.8 Å². The summed E-state index contributed by atoms with van der Waals surface area (Å²) in [5.74, 6) is 0.0788. The van der Waals surface area contributed by atoms with Crippen LogP contribution in [-0.2, 0) is 20.8 Å². The Hall–Kier alpha value is -0.950. The molecule has 0 aliphatic carbocycles. The zero-order chi connectivity index (χ0) is 15.9. The van der Waals surface area contributed by atoms with Crippen LogP contribution >= 0.6 is 11.3 Å². The number of amides is 1. The van der Waals surface area contributed by atoms with Crippen LogP contribution in [0.5, 0.6) is 0 Å². The Balaban J connectivity index is 1.47. The van der Waals surface area contributed by atoms with Crippen molar-refractivity contribution in [2.75, 3.05) is 32.8 Å². The molecule has 2 atom stereocenters. The lowest BCUT2D eigenvalue weighted by molar-refractivity contribution is -0.123. The normalized spacial score (nSPS) is 24.4. The van der Waals surface area contributed by atoms with Crippen LogP contribution in [0, 0.1) is 0 Å². The van der Waals surface area contributed by atoms with Gasteiger partial charge in [0, 0.05) is 37.7 Å². The van der Waals surface area contributed by atoms with Crippen LogP contribution < -0.4 is 5.32 Å². The zero-order valence-electron chi connectivity index (χ0n) is 13.5. The molecule has 2 aliphatic heterocycles. The summed E-state index contributed by atoms with van der Waals surface area (Å²) in [5, 5.41) is 5.10. The quantitative estimate of drug-likeness (QED) is 0.788. The van der Waals surface area contributed by atoms with E-state index in [1.807, 2.05) is 0 Å². The highest BCUT2D eigenvalue weighted by Crippen LogP contribution is 2.17. The maximum Gasteiger partial charge on any atom is 0.234 e. The van der Waals surface area contributed by atoms with Crippen LogP contribution in [0.4, 0.5) is 0 Å². The zero-order valence-corrected chi connectivity index (χ0v) is 14.4. The average molecular weight is 338 g/mol. The fourth-order valence-corrected chi connectivity index (χ4v) is 3.92. The Labute approximate surface area is 142 Å². The van der Waals surface area contributed by atoms with E-state index in [2.05, 4.69) is 27.7 Å². The molecule has 2 unspecified atom stereocenters. The first kappa shape index (κ1) is 16.9. The molecule has 0 saturated carbocycles. The molecule has 1 aromatic rings. The van der Waals surface area contributed by atoms with Crippen molar-refractivity contribution in [2.24, 2.45) is 0 Å². The van der Waals surface area contributed by atoms with Crippen LogP contribution in [0.25, 0.3) is 0 Å². The van der Waals surface area contributed by atoms with Crippen molar-refractivity contribution in [3.05, 3.63) is 22.4 Å². The van der Waals surface area contributed by atoms with E-state index >= 15 is 0 Å². The van der Waals surface area contributed by atoms with Gasteiger partial charge in [-0.2, -0.15) is 0 Å². The molecule has 1 N–H and O–H groups in total. The van der Waals surface area contributed by atoms with Gasteiger partial charge in [-0.3, -0.25) is 9.69 Å². The van der Waals surface area contributed by atoms with E-state index in [4.69, 9.17) is 9.47 Å². The summed E-state index contributed by atoms with van der Waals surface area (Å²) in [6.45, 7) is 4.36. The van der Waals surface area contributed by atoms with E-state index in [-0.39, 0.29) is 18.1 Å². The molecule has 0 aromatic carbocycles. The minimum atomic E-state index is 0.0788. The van der Waals surface area contributed by atoms with E-state index in [9.17, 15) is 4.79 Å². The van der Waals surface area contributed by atoms with E-state index in [1.54, 1.807) is 11.3 Å². The molecule has 3 heterocycles. The van der Waals surface area contributed by atoms with E-state index in [0.29, 0.717) is 13.1 Å². The van der Waals surface area contributed by atoms with Gasteiger partial charge in [-0.1, -0.05) is 6.07 Å². The molecule has 3 rings (SSSR count).